The summed E-state index contributed by atoms with van der Waals surface area (Å²) < 4.78 is 10.3. The van der Waals surface area contributed by atoms with Gasteiger partial charge in [-0.2, -0.15) is 0 Å². The number of hydrogen-bond acceptors (Lipinski definition) is 3. The van der Waals surface area contributed by atoms with Crippen LogP contribution in [0.3, 0.4) is 0 Å². The normalized spacial score (nSPS) is 19.3. The number of hydrogen-bond donors (Lipinski definition) is 0. The van der Waals surface area contributed by atoms with E-state index < -0.39 is 17.4 Å². The predicted octanol–water partition coefficient (Wildman–Crippen LogP) is 2.88. The van der Waals surface area contributed by atoms with E-state index in [1.54, 1.807) is 20.8 Å². The maximum absolute atomic E-state index is 11.4. The molecular formula is C12H18O3. The van der Waals surface area contributed by atoms with Crippen molar-refractivity contribution in [2.45, 2.75) is 57.7 Å². The third kappa shape index (κ3) is 3.47. The Morgan fingerprint density at radius 2 is 1.87 bits per heavy atom. The molecule has 1 aliphatic carbocycles. The van der Waals surface area contributed by atoms with Gasteiger partial charge in [0, 0.05) is 0 Å². The van der Waals surface area contributed by atoms with Crippen molar-refractivity contribution in [1.29, 1.82) is 0 Å². The molecule has 15 heavy (non-hydrogen) atoms. The van der Waals surface area contributed by atoms with Crippen LogP contribution in [0.5, 0.6) is 0 Å². The van der Waals surface area contributed by atoms with Gasteiger partial charge in [-0.25, -0.2) is 4.79 Å². The molecule has 0 aromatic carbocycles. The fraction of sp³-hybridized carbons (Fsp3) is 0.750. The van der Waals surface area contributed by atoms with Gasteiger partial charge in [0.1, 0.15) is 5.60 Å². The van der Waals surface area contributed by atoms with E-state index in [-0.39, 0.29) is 0 Å². The highest BCUT2D eigenvalue weighted by Crippen LogP contribution is 2.33. The highest BCUT2D eigenvalue weighted by atomic mass is 16.7. The summed E-state index contributed by atoms with van der Waals surface area (Å²) in [6.45, 7) is 5.39. The van der Waals surface area contributed by atoms with Gasteiger partial charge in [0.2, 0.25) is 0 Å². The molecule has 0 aliphatic heterocycles. The van der Waals surface area contributed by atoms with Crippen molar-refractivity contribution < 1.29 is 14.3 Å². The smallest absolute Gasteiger partial charge is 0.429 e. The van der Waals surface area contributed by atoms with E-state index >= 15 is 0 Å². The lowest BCUT2D eigenvalue weighted by Crippen LogP contribution is -2.34. The van der Waals surface area contributed by atoms with E-state index in [0.29, 0.717) is 0 Å². The SMILES string of the molecule is C#CC1(OC(=O)OC(C)(C)C)CCCC1. The quantitative estimate of drug-likeness (QED) is 0.493. The Labute approximate surface area is 91.1 Å². The van der Waals surface area contributed by atoms with Gasteiger partial charge in [-0.05, 0) is 46.5 Å². The van der Waals surface area contributed by atoms with E-state index in [2.05, 4.69) is 5.92 Å². The molecule has 1 saturated carbocycles. The molecule has 0 N–H and O–H groups in total. The zero-order chi connectivity index (χ0) is 11.5. The maximum Gasteiger partial charge on any atom is 0.510 e. The molecule has 0 atom stereocenters. The topological polar surface area (TPSA) is 35.5 Å². The zero-order valence-electron chi connectivity index (χ0n) is 9.63. The lowest BCUT2D eigenvalue weighted by Gasteiger charge is -2.25. The van der Waals surface area contributed by atoms with E-state index in [1.165, 1.54) is 0 Å². The van der Waals surface area contributed by atoms with Gasteiger partial charge in [0.15, 0.2) is 5.60 Å². The molecule has 84 valence electrons. The van der Waals surface area contributed by atoms with Crippen molar-refractivity contribution in [2.24, 2.45) is 0 Å². The maximum atomic E-state index is 11.4. The zero-order valence-corrected chi connectivity index (χ0v) is 9.63. The third-order valence-corrected chi connectivity index (χ3v) is 2.34. The minimum absolute atomic E-state index is 0.536. The number of ether oxygens (including phenoxy) is 2. The van der Waals surface area contributed by atoms with Gasteiger partial charge in [0.05, 0.1) is 0 Å². The second-order valence-corrected chi connectivity index (χ2v) is 4.91. The number of carbonyl (C=O) groups is 1. The molecule has 0 bridgehead atoms. The van der Waals surface area contributed by atoms with Gasteiger partial charge in [0.25, 0.3) is 0 Å². The van der Waals surface area contributed by atoms with Crippen LogP contribution in [-0.2, 0) is 9.47 Å². The van der Waals surface area contributed by atoms with Crippen LogP contribution < -0.4 is 0 Å². The standard InChI is InChI=1S/C12H18O3/c1-5-12(8-6-7-9-12)15-10(13)14-11(2,3)4/h1H,6-9H2,2-4H3. The van der Waals surface area contributed by atoms with E-state index in [4.69, 9.17) is 15.9 Å². The summed E-state index contributed by atoms with van der Waals surface area (Å²) in [5.74, 6) is 2.57. The summed E-state index contributed by atoms with van der Waals surface area (Å²) in [4.78, 5) is 11.4. The third-order valence-electron chi connectivity index (χ3n) is 2.34. The van der Waals surface area contributed by atoms with Crippen LogP contribution in [0.15, 0.2) is 0 Å². The van der Waals surface area contributed by atoms with Gasteiger partial charge in [-0.15, -0.1) is 6.42 Å². The van der Waals surface area contributed by atoms with Crippen LogP contribution in [-0.4, -0.2) is 17.4 Å². The molecular weight excluding hydrogens is 192 g/mol. The van der Waals surface area contributed by atoms with E-state index in [0.717, 1.165) is 25.7 Å². The van der Waals surface area contributed by atoms with Crippen LogP contribution in [0.2, 0.25) is 0 Å². The lowest BCUT2D eigenvalue weighted by atomic mass is 10.0. The first-order chi connectivity index (χ1) is 6.87. The van der Waals surface area contributed by atoms with Crippen molar-refractivity contribution in [2.75, 3.05) is 0 Å². The van der Waals surface area contributed by atoms with Crippen LogP contribution in [0.25, 0.3) is 0 Å². The highest BCUT2D eigenvalue weighted by molar-refractivity contribution is 5.61. The van der Waals surface area contributed by atoms with Gasteiger partial charge >= 0.3 is 6.16 Å². The van der Waals surface area contributed by atoms with E-state index in [1.807, 2.05) is 0 Å². The number of terminal acetylenes is 1. The molecule has 1 rings (SSSR count). The first-order valence-electron chi connectivity index (χ1n) is 5.27. The fourth-order valence-electron chi connectivity index (χ4n) is 1.65. The molecule has 0 heterocycles. The molecule has 0 radical (unpaired) electrons. The Kier molecular flexibility index (Phi) is 3.28. The Balaban J connectivity index is 2.54. The number of carbonyl (C=O) groups excluding carboxylic acids is 1. The molecule has 0 spiro atoms. The Hall–Kier alpha value is -1.17. The monoisotopic (exact) mass is 210 g/mol. The van der Waals surface area contributed by atoms with Gasteiger partial charge in [-0.3, -0.25) is 0 Å². The second kappa shape index (κ2) is 4.14. The van der Waals surface area contributed by atoms with E-state index in [9.17, 15) is 4.79 Å². The molecule has 1 fully saturated rings. The van der Waals surface area contributed by atoms with Crippen molar-refractivity contribution in [3.05, 3.63) is 0 Å². The minimum Gasteiger partial charge on any atom is -0.429 e. The summed E-state index contributed by atoms with van der Waals surface area (Å²) >= 11 is 0. The Morgan fingerprint density at radius 1 is 1.33 bits per heavy atom. The summed E-state index contributed by atoms with van der Waals surface area (Å²) in [6, 6.07) is 0. The van der Waals surface area contributed by atoms with Gasteiger partial charge < -0.3 is 9.47 Å². The summed E-state index contributed by atoms with van der Waals surface area (Å²) in [6.07, 6.45) is 8.23. The largest absolute Gasteiger partial charge is 0.510 e. The fourth-order valence-corrected chi connectivity index (χ4v) is 1.65. The summed E-state index contributed by atoms with van der Waals surface area (Å²) in [7, 11) is 0. The molecule has 1 aliphatic rings. The summed E-state index contributed by atoms with van der Waals surface area (Å²) in [5.41, 5.74) is -1.26. The van der Waals surface area contributed by atoms with Crippen molar-refractivity contribution in [3.63, 3.8) is 0 Å². The molecule has 3 nitrogen and oxygen atoms in total. The average molecular weight is 210 g/mol. The summed E-state index contributed by atoms with van der Waals surface area (Å²) in [5, 5.41) is 0. The van der Waals surface area contributed by atoms with Crippen molar-refractivity contribution in [3.8, 4) is 12.3 Å². The number of rotatable bonds is 1. The molecule has 0 amide bonds. The van der Waals surface area contributed by atoms with Gasteiger partial charge in [-0.1, -0.05) is 5.92 Å². The predicted molar refractivity (Wildman–Crippen MR) is 57.4 cm³/mol. The highest BCUT2D eigenvalue weighted by Gasteiger charge is 2.37. The molecule has 0 aromatic heterocycles. The molecule has 0 aromatic rings. The first-order valence-corrected chi connectivity index (χ1v) is 5.27. The van der Waals surface area contributed by atoms with Crippen molar-refractivity contribution >= 4 is 6.16 Å². The van der Waals surface area contributed by atoms with Crippen LogP contribution in [0.1, 0.15) is 46.5 Å². The minimum atomic E-state index is -0.720. The van der Waals surface area contributed by atoms with Crippen LogP contribution in [0, 0.1) is 12.3 Å². The van der Waals surface area contributed by atoms with Crippen LogP contribution in [0.4, 0.5) is 4.79 Å². The molecule has 0 saturated heterocycles. The van der Waals surface area contributed by atoms with Crippen LogP contribution >= 0.6 is 0 Å². The van der Waals surface area contributed by atoms with Crippen molar-refractivity contribution in [1.82, 2.24) is 0 Å². The Bertz CT molecular complexity index is 274. The molecule has 0 unspecified atom stereocenters. The lowest BCUT2D eigenvalue weighted by molar-refractivity contribution is -0.0438. The average Bonchev–Trinajstić information content (AvgIpc) is 2.50. The molecule has 3 heteroatoms. The Morgan fingerprint density at radius 3 is 2.27 bits per heavy atom. The first kappa shape index (κ1) is 11.9. The second-order valence-electron chi connectivity index (χ2n) is 4.91.